The van der Waals surface area contributed by atoms with Crippen LogP contribution in [0.25, 0.3) is 11.2 Å². The van der Waals surface area contributed by atoms with Gasteiger partial charge in [0, 0.05) is 27.1 Å². The number of nitrogens with two attached hydrogens (primary N) is 1. The molecule has 0 saturated carbocycles. The van der Waals surface area contributed by atoms with E-state index < -0.39 is 0 Å². The minimum atomic E-state index is 0.531. The van der Waals surface area contributed by atoms with Gasteiger partial charge in [0.05, 0.1) is 5.69 Å². The number of hydrogen-bond donors (Lipinski definition) is 1. The molecule has 0 aliphatic carbocycles. The van der Waals surface area contributed by atoms with Gasteiger partial charge in [0.2, 0.25) is 5.95 Å². The second-order valence-electron chi connectivity index (χ2n) is 3.71. The fourth-order valence-electron chi connectivity index (χ4n) is 1.51. The number of hydrogen-bond acceptors (Lipinski definition) is 6. The first-order valence-corrected chi connectivity index (χ1v) is 5.15. The first-order chi connectivity index (χ1) is 7.61. The minimum absolute atomic E-state index is 0.531. The third kappa shape index (κ3) is 1.83. The summed E-state index contributed by atoms with van der Waals surface area (Å²) in [4.78, 5) is 14.8. The molecule has 0 aliphatic rings. The summed E-state index contributed by atoms with van der Waals surface area (Å²) in [6.45, 7) is 4.96. The van der Waals surface area contributed by atoms with Crippen LogP contribution in [0.2, 0.25) is 0 Å². The van der Waals surface area contributed by atoms with Crippen LogP contribution in [-0.4, -0.2) is 35.1 Å². The van der Waals surface area contributed by atoms with Gasteiger partial charge in [0.25, 0.3) is 5.71 Å². The molecular weight excluding hydrogens is 206 g/mol. The van der Waals surface area contributed by atoms with Gasteiger partial charge in [-0.2, -0.15) is 4.98 Å². The van der Waals surface area contributed by atoms with E-state index in [2.05, 4.69) is 15.0 Å². The molecule has 0 aromatic carbocycles. The lowest BCUT2D eigenvalue weighted by Crippen LogP contribution is -2.26. The normalized spacial score (nSPS) is 11.0. The fraction of sp³-hybridized carbons (Fsp3) is 0.500. The Balaban J connectivity index is 2.48. The lowest BCUT2D eigenvalue weighted by atomic mass is 10.4. The van der Waals surface area contributed by atoms with Crippen LogP contribution < -0.4 is 10.6 Å². The number of aryl methyl sites for hydroxylation is 2. The van der Waals surface area contributed by atoms with E-state index in [0.717, 1.165) is 11.2 Å². The zero-order valence-electron chi connectivity index (χ0n) is 9.69. The highest BCUT2D eigenvalue weighted by molar-refractivity contribution is 5.72. The van der Waals surface area contributed by atoms with Gasteiger partial charge >= 0.3 is 0 Å². The SMILES string of the molecule is Cc1nc2c(C)nc(N(C)CCN)nc2o1. The average molecular weight is 221 g/mol. The standard InChI is InChI=1S/C10H15N5O/c1-6-8-9(16-7(2)13-8)14-10(12-6)15(3)5-4-11/h4-5,11H2,1-3H3. The highest BCUT2D eigenvalue weighted by atomic mass is 16.4. The Morgan fingerprint density at radius 1 is 1.25 bits per heavy atom. The van der Waals surface area contributed by atoms with Crippen molar-refractivity contribution in [1.82, 2.24) is 15.0 Å². The van der Waals surface area contributed by atoms with E-state index in [-0.39, 0.29) is 0 Å². The summed E-state index contributed by atoms with van der Waals surface area (Å²) in [5.41, 5.74) is 7.56. The number of fused-ring (bicyclic) bond motifs is 1. The molecule has 2 N–H and O–H groups in total. The number of rotatable bonds is 3. The molecule has 2 heterocycles. The molecule has 0 bridgehead atoms. The van der Waals surface area contributed by atoms with Crippen LogP contribution in [0.3, 0.4) is 0 Å². The molecule has 0 unspecified atom stereocenters. The zero-order valence-corrected chi connectivity index (χ0v) is 9.69. The van der Waals surface area contributed by atoms with E-state index in [4.69, 9.17) is 10.2 Å². The second kappa shape index (κ2) is 4.05. The van der Waals surface area contributed by atoms with E-state index >= 15 is 0 Å². The molecule has 16 heavy (non-hydrogen) atoms. The third-order valence-corrected chi connectivity index (χ3v) is 2.33. The highest BCUT2D eigenvalue weighted by Gasteiger charge is 2.12. The van der Waals surface area contributed by atoms with Gasteiger partial charge in [0.1, 0.15) is 0 Å². The quantitative estimate of drug-likeness (QED) is 0.818. The highest BCUT2D eigenvalue weighted by Crippen LogP contribution is 2.18. The first-order valence-electron chi connectivity index (χ1n) is 5.15. The number of anilines is 1. The maximum absolute atomic E-state index is 5.49. The lowest BCUT2D eigenvalue weighted by molar-refractivity contribution is 0.550. The van der Waals surface area contributed by atoms with E-state index in [1.165, 1.54) is 0 Å². The minimum Gasteiger partial charge on any atom is -0.422 e. The molecule has 0 aliphatic heterocycles. The number of aromatic nitrogens is 3. The molecule has 86 valence electrons. The van der Waals surface area contributed by atoms with Crippen LogP contribution in [0, 0.1) is 13.8 Å². The zero-order chi connectivity index (χ0) is 11.7. The van der Waals surface area contributed by atoms with Crippen molar-refractivity contribution < 1.29 is 4.42 Å². The van der Waals surface area contributed by atoms with Gasteiger partial charge < -0.3 is 15.1 Å². The van der Waals surface area contributed by atoms with Crippen LogP contribution >= 0.6 is 0 Å². The first kappa shape index (κ1) is 10.8. The molecule has 0 saturated heterocycles. The smallest absolute Gasteiger partial charge is 0.252 e. The number of nitrogens with zero attached hydrogens (tertiary/aromatic N) is 4. The van der Waals surface area contributed by atoms with E-state index in [1.54, 1.807) is 6.92 Å². The summed E-state index contributed by atoms with van der Waals surface area (Å²) in [5.74, 6) is 1.22. The van der Waals surface area contributed by atoms with Crippen molar-refractivity contribution in [1.29, 1.82) is 0 Å². The molecule has 0 atom stereocenters. The van der Waals surface area contributed by atoms with Gasteiger partial charge in [-0.3, -0.25) is 0 Å². The van der Waals surface area contributed by atoms with Crippen LogP contribution in [0.15, 0.2) is 4.42 Å². The predicted molar refractivity (Wildman–Crippen MR) is 61.4 cm³/mol. The summed E-state index contributed by atoms with van der Waals surface area (Å²) < 4.78 is 5.40. The maximum atomic E-state index is 5.49. The molecule has 2 aromatic heterocycles. The van der Waals surface area contributed by atoms with Gasteiger partial charge in [0.15, 0.2) is 11.4 Å². The molecule has 0 amide bonds. The molecule has 6 nitrogen and oxygen atoms in total. The summed E-state index contributed by atoms with van der Waals surface area (Å²) in [7, 11) is 1.90. The van der Waals surface area contributed by atoms with Crippen molar-refractivity contribution in [3.05, 3.63) is 11.6 Å². The predicted octanol–water partition coefficient (Wildman–Crippen LogP) is 0.630. The van der Waals surface area contributed by atoms with Crippen LogP contribution in [0.1, 0.15) is 11.6 Å². The second-order valence-corrected chi connectivity index (χ2v) is 3.71. The lowest BCUT2D eigenvalue weighted by Gasteiger charge is -2.15. The van der Waals surface area contributed by atoms with E-state index in [0.29, 0.717) is 30.6 Å². The maximum Gasteiger partial charge on any atom is 0.252 e. The van der Waals surface area contributed by atoms with Gasteiger partial charge in [-0.05, 0) is 6.92 Å². The molecule has 0 radical (unpaired) electrons. The Labute approximate surface area is 93.5 Å². The third-order valence-electron chi connectivity index (χ3n) is 2.33. The number of likely N-dealkylation sites (N-methyl/N-ethyl adjacent to an activating group) is 1. The van der Waals surface area contributed by atoms with Gasteiger partial charge in [-0.1, -0.05) is 0 Å². The largest absolute Gasteiger partial charge is 0.422 e. The summed E-state index contributed by atoms with van der Waals surface area (Å²) in [6, 6.07) is 0. The van der Waals surface area contributed by atoms with Gasteiger partial charge in [-0.15, -0.1) is 0 Å². The van der Waals surface area contributed by atoms with E-state index in [9.17, 15) is 0 Å². The Morgan fingerprint density at radius 2 is 2.00 bits per heavy atom. The van der Waals surface area contributed by atoms with Crippen LogP contribution in [-0.2, 0) is 0 Å². The summed E-state index contributed by atoms with van der Waals surface area (Å²) in [5, 5.41) is 0. The molecule has 2 aromatic rings. The molecule has 0 spiro atoms. The van der Waals surface area contributed by atoms with Crippen molar-refractivity contribution in [2.24, 2.45) is 5.73 Å². The monoisotopic (exact) mass is 221 g/mol. The molecule has 2 rings (SSSR count). The van der Waals surface area contributed by atoms with Gasteiger partial charge in [-0.25, -0.2) is 9.97 Å². The summed E-state index contributed by atoms with van der Waals surface area (Å²) >= 11 is 0. The Hall–Kier alpha value is -1.69. The average Bonchev–Trinajstić information content (AvgIpc) is 2.59. The molecule has 0 fully saturated rings. The topological polar surface area (TPSA) is 81.1 Å². The van der Waals surface area contributed by atoms with Crippen LogP contribution in [0.5, 0.6) is 0 Å². The van der Waals surface area contributed by atoms with Crippen LogP contribution in [0.4, 0.5) is 5.95 Å². The molecular formula is C10H15N5O. The number of oxazole rings is 1. The van der Waals surface area contributed by atoms with E-state index in [1.807, 2.05) is 18.9 Å². The summed E-state index contributed by atoms with van der Waals surface area (Å²) in [6.07, 6.45) is 0. The fourth-order valence-corrected chi connectivity index (χ4v) is 1.51. The van der Waals surface area contributed by atoms with Crippen molar-refractivity contribution in [3.63, 3.8) is 0 Å². The molecule has 6 heteroatoms. The Kier molecular flexibility index (Phi) is 2.74. The van der Waals surface area contributed by atoms with Crippen molar-refractivity contribution >= 4 is 17.2 Å². The van der Waals surface area contributed by atoms with Crippen molar-refractivity contribution in [3.8, 4) is 0 Å². The Bertz CT molecular complexity index is 507. The Morgan fingerprint density at radius 3 is 2.69 bits per heavy atom. The van der Waals surface area contributed by atoms with Crippen molar-refractivity contribution in [2.45, 2.75) is 13.8 Å². The van der Waals surface area contributed by atoms with Crippen molar-refractivity contribution in [2.75, 3.05) is 25.0 Å².